The molecule has 2 amide bonds. The number of rotatable bonds is 7. The van der Waals surface area contributed by atoms with Crippen LogP contribution in [0.25, 0.3) is 0 Å². The van der Waals surface area contributed by atoms with Gasteiger partial charge in [-0.05, 0) is 18.2 Å². The topological polar surface area (TPSA) is 120 Å². The standard InChI is InChI=1S/C15H15N3O6/c1-22-11-4-2-3-10(7-11)15(21)16-8-14(20)23-9-13(19)17-12-5-6-24-18-12/h2-7H,8-9H2,1H3,(H,16,21)(H,17,18,19). The molecule has 0 aliphatic carbocycles. The molecule has 0 saturated carbocycles. The van der Waals surface area contributed by atoms with Crippen molar-refractivity contribution in [3.05, 3.63) is 42.2 Å². The third-order valence-corrected chi connectivity index (χ3v) is 2.79. The van der Waals surface area contributed by atoms with Crippen LogP contribution in [0, 0.1) is 0 Å². The molecular weight excluding hydrogens is 318 g/mol. The first kappa shape index (κ1) is 17.0. The Kier molecular flexibility index (Phi) is 5.89. The summed E-state index contributed by atoms with van der Waals surface area (Å²) in [5.41, 5.74) is 0.339. The Morgan fingerprint density at radius 1 is 1.25 bits per heavy atom. The van der Waals surface area contributed by atoms with E-state index in [4.69, 9.17) is 9.47 Å². The van der Waals surface area contributed by atoms with Crippen molar-refractivity contribution >= 4 is 23.6 Å². The lowest BCUT2D eigenvalue weighted by Crippen LogP contribution is -2.32. The number of methoxy groups -OCH3 is 1. The summed E-state index contributed by atoms with van der Waals surface area (Å²) in [6, 6.07) is 7.90. The van der Waals surface area contributed by atoms with Crippen molar-refractivity contribution in [2.75, 3.05) is 25.6 Å². The van der Waals surface area contributed by atoms with Crippen LogP contribution in [-0.2, 0) is 14.3 Å². The van der Waals surface area contributed by atoms with Crippen LogP contribution in [-0.4, -0.2) is 43.2 Å². The first-order valence-corrected chi connectivity index (χ1v) is 6.86. The predicted octanol–water partition coefficient (Wildman–Crippen LogP) is 0.595. The average Bonchev–Trinajstić information content (AvgIpc) is 3.10. The molecule has 9 heteroatoms. The third kappa shape index (κ3) is 5.13. The maximum Gasteiger partial charge on any atom is 0.325 e. The summed E-state index contributed by atoms with van der Waals surface area (Å²) in [7, 11) is 1.48. The molecule has 9 nitrogen and oxygen atoms in total. The number of nitrogens with one attached hydrogen (secondary N) is 2. The molecule has 1 heterocycles. The Morgan fingerprint density at radius 3 is 2.79 bits per heavy atom. The molecule has 0 bridgehead atoms. The van der Waals surface area contributed by atoms with Gasteiger partial charge in [-0.15, -0.1) is 0 Å². The molecule has 24 heavy (non-hydrogen) atoms. The minimum absolute atomic E-state index is 0.211. The third-order valence-electron chi connectivity index (χ3n) is 2.79. The van der Waals surface area contributed by atoms with Gasteiger partial charge in [-0.25, -0.2) is 0 Å². The lowest BCUT2D eigenvalue weighted by molar-refractivity contribution is -0.146. The van der Waals surface area contributed by atoms with E-state index in [9.17, 15) is 14.4 Å². The second-order valence-electron chi connectivity index (χ2n) is 4.51. The number of nitrogens with zero attached hydrogens (tertiary/aromatic N) is 1. The van der Waals surface area contributed by atoms with Crippen molar-refractivity contribution in [1.82, 2.24) is 10.5 Å². The maximum atomic E-state index is 11.9. The number of benzene rings is 1. The fraction of sp³-hybridized carbons (Fsp3) is 0.200. The largest absolute Gasteiger partial charge is 0.497 e. The maximum absolute atomic E-state index is 11.9. The summed E-state index contributed by atoms with van der Waals surface area (Å²) < 4.78 is 14.3. The summed E-state index contributed by atoms with van der Waals surface area (Å²) in [5, 5.41) is 8.23. The van der Waals surface area contributed by atoms with Gasteiger partial charge >= 0.3 is 5.97 Å². The van der Waals surface area contributed by atoms with Crippen molar-refractivity contribution in [2.45, 2.75) is 0 Å². The van der Waals surface area contributed by atoms with Crippen molar-refractivity contribution < 1.29 is 28.4 Å². The van der Waals surface area contributed by atoms with Crippen molar-refractivity contribution in [3.63, 3.8) is 0 Å². The van der Waals surface area contributed by atoms with Gasteiger partial charge in [-0.1, -0.05) is 11.2 Å². The lowest BCUT2D eigenvalue weighted by atomic mass is 10.2. The van der Waals surface area contributed by atoms with E-state index in [0.29, 0.717) is 11.3 Å². The number of carbonyl (C=O) groups excluding carboxylic acids is 3. The second-order valence-corrected chi connectivity index (χ2v) is 4.51. The summed E-state index contributed by atoms with van der Waals surface area (Å²) in [5.74, 6) is -1.05. The first-order valence-electron chi connectivity index (χ1n) is 6.86. The summed E-state index contributed by atoms with van der Waals surface area (Å²) in [6.45, 7) is -0.867. The van der Waals surface area contributed by atoms with Crippen LogP contribution in [0.2, 0.25) is 0 Å². The molecule has 0 radical (unpaired) electrons. The van der Waals surface area contributed by atoms with Crippen molar-refractivity contribution in [2.24, 2.45) is 0 Å². The molecule has 2 N–H and O–H groups in total. The molecular formula is C15H15N3O6. The number of amides is 2. The van der Waals surface area contributed by atoms with Crippen LogP contribution < -0.4 is 15.4 Å². The molecule has 0 saturated heterocycles. The van der Waals surface area contributed by atoms with E-state index >= 15 is 0 Å². The van der Waals surface area contributed by atoms with E-state index in [1.54, 1.807) is 18.2 Å². The normalized spacial score (nSPS) is 9.88. The fourth-order valence-electron chi connectivity index (χ4n) is 1.67. The van der Waals surface area contributed by atoms with Crippen LogP contribution in [0.4, 0.5) is 5.82 Å². The van der Waals surface area contributed by atoms with Gasteiger partial charge in [0.15, 0.2) is 12.4 Å². The second kappa shape index (κ2) is 8.32. The van der Waals surface area contributed by atoms with Crippen molar-refractivity contribution in [3.8, 4) is 5.75 Å². The first-order chi connectivity index (χ1) is 11.6. The molecule has 0 unspecified atom stereocenters. The van der Waals surface area contributed by atoms with Gasteiger partial charge in [0, 0.05) is 11.6 Å². The van der Waals surface area contributed by atoms with Gasteiger partial charge in [0.05, 0.1) is 7.11 Å². The Labute approximate surface area is 136 Å². The van der Waals surface area contributed by atoms with Crippen LogP contribution in [0.15, 0.2) is 41.1 Å². The van der Waals surface area contributed by atoms with Gasteiger partial charge in [0.1, 0.15) is 18.6 Å². The molecule has 1 aromatic heterocycles. The smallest absolute Gasteiger partial charge is 0.325 e. The van der Waals surface area contributed by atoms with E-state index in [2.05, 4.69) is 20.3 Å². The van der Waals surface area contributed by atoms with E-state index in [-0.39, 0.29) is 12.4 Å². The fourth-order valence-corrected chi connectivity index (χ4v) is 1.67. The quantitative estimate of drug-likeness (QED) is 0.712. The number of hydrogen-bond donors (Lipinski definition) is 2. The van der Waals surface area contributed by atoms with Crippen LogP contribution >= 0.6 is 0 Å². The zero-order valence-corrected chi connectivity index (χ0v) is 12.8. The Balaban J connectivity index is 1.72. The molecule has 0 aliphatic heterocycles. The minimum atomic E-state index is -0.749. The zero-order chi connectivity index (χ0) is 17.4. The Hall–Kier alpha value is -3.36. The number of esters is 1. The number of anilines is 1. The lowest BCUT2D eigenvalue weighted by Gasteiger charge is -2.07. The van der Waals surface area contributed by atoms with Gasteiger partial charge < -0.3 is 24.6 Å². The highest BCUT2D eigenvalue weighted by molar-refractivity contribution is 5.96. The van der Waals surface area contributed by atoms with E-state index in [1.807, 2.05) is 0 Å². The molecule has 0 aliphatic rings. The number of carbonyl (C=O) groups is 3. The SMILES string of the molecule is COc1cccc(C(=O)NCC(=O)OCC(=O)Nc2ccon2)c1. The summed E-state index contributed by atoms with van der Waals surface area (Å²) in [6.07, 6.45) is 1.29. The van der Waals surface area contributed by atoms with Gasteiger partial charge in [-0.2, -0.15) is 0 Å². The molecule has 1 aromatic carbocycles. The van der Waals surface area contributed by atoms with Crippen LogP contribution in [0.1, 0.15) is 10.4 Å². The Morgan fingerprint density at radius 2 is 2.08 bits per heavy atom. The van der Waals surface area contributed by atoms with Gasteiger partial charge in [0.2, 0.25) is 0 Å². The molecule has 0 spiro atoms. The molecule has 0 fully saturated rings. The monoisotopic (exact) mass is 333 g/mol. The summed E-state index contributed by atoms with van der Waals surface area (Å²) >= 11 is 0. The molecule has 126 valence electrons. The van der Waals surface area contributed by atoms with E-state index in [1.165, 1.54) is 25.5 Å². The molecule has 0 atom stereocenters. The molecule has 2 rings (SSSR count). The number of ether oxygens (including phenoxy) is 2. The van der Waals surface area contributed by atoms with Crippen molar-refractivity contribution in [1.29, 1.82) is 0 Å². The predicted molar refractivity (Wildman–Crippen MR) is 81.4 cm³/mol. The highest BCUT2D eigenvalue weighted by Gasteiger charge is 2.12. The molecule has 2 aromatic rings. The van der Waals surface area contributed by atoms with Crippen LogP contribution in [0.3, 0.4) is 0 Å². The average molecular weight is 333 g/mol. The van der Waals surface area contributed by atoms with Gasteiger partial charge in [-0.3, -0.25) is 14.4 Å². The van der Waals surface area contributed by atoms with Gasteiger partial charge in [0.25, 0.3) is 11.8 Å². The minimum Gasteiger partial charge on any atom is -0.497 e. The summed E-state index contributed by atoms with van der Waals surface area (Å²) in [4.78, 5) is 34.9. The zero-order valence-electron chi connectivity index (χ0n) is 12.8. The highest BCUT2D eigenvalue weighted by atomic mass is 16.5. The van der Waals surface area contributed by atoms with E-state index < -0.39 is 24.4 Å². The van der Waals surface area contributed by atoms with E-state index in [0.717, 1.165) is 0 Å². The highest BCUT2D eigenvalue weighted by Crippen LogP contribution is 2.12. The Bertz CT molecular complexity index is 714. The number of aromatic nitrogens is 1. The van der Waals surface area contributed by atoms with Crippen LogP contribution in [0.5, 0.6) is 5.75 Å². The number of hydrogen-bond acceptors (Lipinski definition) is 7.